The number of benzene rings is 1. The molecule has 0 heterocycles. The number of rotatable bonds is 5. The predicted molar refractivity (Wildman–Crippen MR) is 63.6 cm³/mol. The van der Waals surface area contributed by atoms with Crippen LogP contribution in [0.2, 0.25) is 0 Å². The topological polar surface area (TPSA) is 60.8 Å². The van der Waals surface area contributed by atoms with E-state index in [-0.39, 0.29) is 24.7 Å². The van der Waals surface area contributed by atoms with Crippen LogP contribution in [0.3, 0.4) is 0 Å². The molecule has 4 heteroatoms. The lowest BCUT2D eigenvalue weighted by Crippen LogP contribution is -2.36. The van der Waals surface area contributed by atoms with Gasteiger partial charge in [0.1, 0.15) is 5.75 Å². The SMILES string of the molecule is O=C(Cc1cccc(O)c1)N(CCO)C1CC1. The average Bonchev–Trinajstić information content (AvgIpc) is 3.09. The molecule has 0 radical (unpaired) electrons. The Hall–Kier alpha value is -1.55. The van der Waals surface area contributed by atoms with Gasteiger partial charge in [0.2, 0.25) is 5.91 Å². The van der Waals surface area contributed by atoms with E-state index >= 15 is 0 Å². The van der Waals surface area contributed by atoms with Gasteiger partial charge >= 0.3 is 0 Å². The van der Waals surface area contributed by atoms with E-state index in [9.17, 15) is 9.90 Å². The van der Waals surface area contributed by atoms with Gasteiger partial charge in [-0.3, -0.25) is 4.79 Å². The van der Waals surface area contributed by atoms with E-state index in [4.69, 9.17) is 5.11 Å². The molecule has 4 nitrogen and oxygen atoms in total. The summed E-state index contributed by atoms with van der Waals surface area (Å²) in [4.78, 5) is 13.8. The van der Waals surface area contributed by atoms with E-state index in [2.05, 4.69) is 0 Å². The molecule has 2 N–H and O–H groups in total. The van der Waals surface area contributed by atoms with Crippen molar-refractivity contribution >= 4 is 5.91 Å². The molecule has 1 aromatic carbocycles. The van der Waals surface area contributed by atoms with Crippen LogP contribution in [0.5, 0.6) is 5.75 Å². The first-order chi connectivity index (χ1) is 8.20. The second-order valence-corrected chi connectivity index (χ2v) is 4.39. The Bertz CT molecular complexity index is 401. The molecule has 0 aromatic heterocycles. The molecule has 2 rings (SSSR count). The van der Waals surface area contributed by atoms with Crippen molar-refractivity contribution in [2.45, 2.75) is 25.3 Å². The molecule has 1 fully saturated rings. The lowest BCUT2D eigenvalue weighted by molar-refractivity contribution is -0.131. The Morgan fingerprint density at radius 3 is 2.76 bits per heavy atom. The summed E-state index contributed by atoms with van der Waals surface area (Å²) < 4.78 is 0. The maximum atomic E-state index is 12.0. The van der Waals surface area contributed by atoms with Gasteiger partial charge in [0.25, 0.3) is 0 Å². The van der Waals surface area contributed by atoms with Crippen LogP contribution in [-0.2, 0) is 11.2 Å². The van der Waals surface area contributed by atoms with Crippen LogP contribution in [0.4, 0.5) is 0 Å². The van der Waals surface area contributed by atoms with E-state index in [0.717, 1.165) is 18.4 Å². The number of amides is 1. The van der Waals surface area contributed by atoms with Crippen molar-refractivity contribution in [2.24, 2.45) is 0 Å². The molecule has 1 amide bonds. The lowest BCUT2D eigenvalue weighted by atomic mass is 10.1. The summed E-state index contributed by atoms with van der Waals surface area (Å²) in [5, 5.41) is 18.3. The van der Waals surface area contributed by atoms with Crippen LogP contribution < -0.4 is 0 Å². The van der Waals surface area contributed by atoms with E-state index in [0.29, 0.717) is 12.6 Å². The van der Waals surface area contributed by atoms with E-state index in [1.807, 2.05) is 6.07 Å². The van der Waals surface area contributed by atoms with Gasteiger partial charge in [-0.1, -0.05) is 12.1 Å². The molecular formula is C13H17NO3. The van der Waals surface area contributed by atoms with Gasteiger partial charge in [-0.25, -0.2) is 0 Å². The fourth-order valence-corrected chi connectivity index (χ4v) is 1.95. The molecule has 17 heavy (non-hydrogen) atoms. The first-order valence-corrected chi connectivity index (χ1v) is 5.89. The van der Waals surface area contributed by atoms with Crippen LogP contribution in [-0.4, -0.2) is 40.2 Å². The first kappa shape index (κ1) is 11.9. The van der Waals surface area contributed by atoms with Crippen molar-refractivity contribution in [1.82, 2.24) is 4.90 Å². The molecule has 0 unspecified atom stereocenters. The quantitative estimate of drug-likeness (QED) is 0.797. The minimum absolute atomic E-state index is 0.00226. The summed E-state index contributed by atoms with van der Waals surface area (Å²) in [5.74, 6) is 0.197. The number of hydrogen-bond donors (Lipinski definition) is 2. The molecule has 1 aliphatic carbocycles. The Morgan fingerprint density at radius 1 is 1.41 bits per heavy atom. The zero-order valence-corrected chi connectivity index (χ0v) is 9.67. The van der Waals surface area contributed by atoms with Crippen LogP contribution >= 0.6 is 0 Å². The van der Waals surface area contributed by atoms with Crippen molar-refractivity contribution in [2.75, 3.05) is 13.2 Å². The summed E-state index contributed by atoms with van der Waals surface area (Å²) in [6, 6.07) is 7.04. The molecule has 1 aromatic rings. The summed E-state index contributed by atoms with van der Waals surface area (Å²) >= 11 is 0. The number of phenols is 1. The van der Waals surface area contributed by atoms with Gasteiger partial charge in [0.15, 0.2) is 0 Å². The summed E-state index contributed by atoms with van der Waals surface area (Å²) in [5.41, 5.74) is 0.804. The fraction of sp³-hybridized carbons (Fsp3) is 0.462. The number of aliphatic hydroxyl groups excluding tert-OH is 1. The van der Waals surface area contributed by atoms with Crippen molar-refractivity contribution in [3.8, 4) is 5.75 Å². The number of carbonyl (C=O) groups is 1. The summed E-state index contributed by atoms with van der Waals surface area (Å²) in [7, 11) is 0. The monoisotopic (exact) mass is 235 g/mol. The lowest BCUT2D eigenvalue weighted by Gasteiger charge is -2.21. The molecule has 1 saturated carbocycles. The van der Waals surface area contributed by atoms with Crippen molar-refractivity contribution in [1.29, 1.82) is 0 Å². The van der Waals surface area contributed by atoms with Gasteiger partial charge in [-0.2, -0.15) is 0 Å². The van der Waals surface area contributed by atoms with Gasteiger partial charge in [-0.05, 0) is 30.5 Å². The second-order valence-electron chi connectivity index (χ2n) is 4.39. The maximum absolute atomic E-state index is 12.0. The van der Waals surface area contributed by atoms with Gasteiger partial charge < -0.3 is 15.1 Å². The molecular weight excluding hydrogens is 218 g/mol. The van der Waals surface area contributed by atoms with Gasteiger partial charge in [-0.15, -0.1) is 0 Å². The van der Waals surface area contributed by atoms with Gasteiger partial charge in [0.05, 0.1) is 13.0 Å². The number of carbonyl (C=O) groups excluding carboxylic acids is 1. The average molecular weight is 235 g/mol. The third kappa shape index (κ3) is 3.20. The van der Waals surface area contributed by atoms with E-state index < -0.39 is 0 Å². The Balaban J connectivity index is 1.99. The number of aliphatic hydroxyl groups is 1. The number of phenolic OH excluding ortho intramolecular Hbond substituents is 1. The standard InChI is InChI=1S/C13H17NO3/c15-7-6-14(11-4-5-11)13(17)9-10-2-1-3-12(16)8-10/h1-3,8,11,15-16H,4-7,9H2. The molecule has 0 aliphatic heterocycles. The molecule has 92 valence electrons. The smallest absolute Gasteiger partial charge is 0.227 e. The Morgan fingerprint density at radius 2 is 2.18 bits per heavy atom. The number of nitrogens with zero attached hydrogens (tertiary/aromatic N) is 1. The summed E-state index contributed by atoms with van der Waals surface area (Å²) in [6.07, 6.45) is 2.35. The highest BCUT2D eigenvalue weighted by Gasteiger charge is 2.31. The largest absolute Gasteiger partial charge is 0.508 e. The normalized spacial score (nSPS) is 14.6. The van der Waals surface area contributed by atoms with E-state index in [1.54, 1.807) is 23.1 Å². The minimum atomic E-state index is 0.00226. The highest BCUT2D eigenvalue weighted by atomic mass is 16.3. The Kier molecular flexibility index (Phi) is 3.64. The second kappa shape index (κ2) is 5.19. The third-order valence-electron chi connectivity index (χ3n) is 2.91. The highest BCUT2D eigenvalue weighted by molar-refractivity contribution is 5.79. The van der Waals surface area contributed by atoms with Crippen molar-refractivity contribution in [3.05, 3.63) is 29.8 Å². The third-order valence-corrected chi connectivity index (χ3v) is 2.91. The van der Waals surface area contributed by atoms with Crippen LogP contribution in [0.25, 0.3) is 0 Å². The predicted octanol–water partition coefficient (Wildman–Crippen LogP) is 0.918. The molecule has 0 spiro atoms. The van der Waals surface area contributed by atoms with Crippen molar-refractivity contribution < 1.29 is 15.0 Å². The Labute approximate surface area is 100 Å². The first-order valence-electron chi connectivity index (χ1n) is 5.89. The minimum Gasteiger partial charge on any atom is -0.508 e. The number of aromatic hydroxyl groups is 1. The highest BCUT2D eigenvalue weighted by Crippen LogP contribution is 2.27. The van der Waals surface area contributed by atoms with Gasteiger partial charge in [0, 0.05) is 12.6 Å². The number of hydrogen-bond acceptors (Lipinski definition) is 3. The fourth-order valence-electron chi connectivity index (χ4n) is 1.95. The van der Waals surface area contributed by atoms with Crippen LogP contribution in [0, 0.1) is 0 Å². The van der Waals surface area contributed by atoms with Crippen molar-refractivity contribution in [3.63, 3.8) is 0 Å². The molecule has 0 atom stereocenters. The molecule has 0 saturated heterocycles. The maximum Gasteiger partial charge on any atom is 0.227 e. The van der Waals surface area contributed by atoms with Crippen LogP contribution in [0.1, 0.15) is 18.4 Å². The summed E-state index contributed by atoms with van der Waals surface area (Å²) in [6.45, 7) is 0.407. The zero-order valence-electron chi connectivity index (χ0n) is 9.67. The molecule has 1 aliphatic rings. The molecule has 0 bridgehead atoms. The zero-order chi connectivity index (χ0) is 12.3. The van der Waals surface area contributed by atoms with E-state index in [1.165, 1.54) is 0 Å². The van der Waals surface area contributed by atoms with Crippen LogP contribution in [0.15, 0.2) is 24.3 Å².